The van der Waals surface area contributed by atoms with Gasteiger partial charge in [0.15, 0.2) is 16.6 Å². The zero-order valence-electron chi connectivity index (χ0n) is 16.9. The molecule has 0 spiro atoms. The van der Waals surface area contributed by atoms with E-state index in [0.717, 1.165) is 9.13 Å². The summed E-state index contributed by atoms with van der Waals surface area (Å²) in [6, 6.07) is 10.2. The lowest BCUT2D eigenvalue weighted by Gasteiger charge is -2.16. The smallest absolute Gasteiger partial charge is 0.276 e. The molecule has 0 saturated carbocycles. The maximum absolute atomic E-state index is 13.9. The molecule has 5 nitrogen and oxygen atoms in total. The van der Waals surface area contributed by atoms with Crippen LogP contribution in [0.25, 0.3) is 6.08 Å². The first-order chi connectivity index (χ1) is 14.4. The molecule has 30 heavy (non-hydrogen) atoms. The van der Waals surface area contributed by atoms with Crippen LogP contribution in [0.1, 0.15) is 25.0 Å². The SMILES string of the molecule is CCOc1cc(/C=C2/C(=O)N(CC)C(=S)N2C)cc(I)c1OCc1ccccc1F. The number of rotatable bonds is 7. The van der Waals surface area contributed by atoms with Gasteiger partial charge in [-0.3, -0.25) is 9.69 Å². The van der Waals surface area contributed by atoms with Crippen LogP contribution in [0.4, 0.5) is 4.39 Å². The number of halogens is 2. The highest BCUT2D eigenvalue weighted by Crippen LogP contribution is 2.36. The van der Waals surface area contributed by atoms with Crippen molar-refractivity contribution >= 4 is 51.9 Å². The van der Waals surface area contributed by atoms with E-state index in [4.69, 9.17) is 21.7 Å². The lowest BCUT2D eigenvalue weighted by atomic mass is 10.1. The van der Waals surface area contributed by atoms with E-state index in [1.54, 1.807) is 41.1 Å². The van der Waals surface area contributed by atoms with Gasteiger partial charge in [0, 0.05) is 19.2 Å². The first-order valence-electron chi connectivity index (χ1n) is 9.51. The fourth-order valence-electron chi connectivity index (χ4n) is 3.09. The van der Waals surface area contributed by atoms with Gasteiger partial charge in [0.05, 0.1) is 10.2 Å². The Morgan fingerprint density at radius 2 is 1.93 bits per heavy atom. The van der Waals surface area contributed by atoms with Gasteiger partial charge in [-0.2, -0.15) is 0 Å². The van der Waals surface area contributed by atoms with Gasteiger partial charge in [-0.15, -0.1) is 0 Å². The quantitative estimate of drug-likeness (QED) is 0.286. The molecule has 0 aromatic heterocycles. The number of likely N-dealkylation sites (N-methyl/N-ethyl adjacent to an activating group) is 2. The summed E-state index contributed by atoms with van der Waals surface area (Å²) in [4.78, 5) is 15.9. The van der Waals surface area contributed by atoms with Crippen molar-refractivity contribution in [1.82, 2.24) is 9.80 Å². The van der Waals surface area contributed by atoms with Crippen molar-refractivity contribution in [3.05, 3.63) is 62.6 Å². The van der Waals surface area contributed by atoms with Crippen LogP contribution in [0, 0.1) is 9.39 Å². The third kappa shape index (κ3) is 4.59. The Balaban J connectivity index is 1.92. The molecule has 0 radical (unpaired) electrons. The molecule has 3 rings (SSSR count). The monoisotopic (exact) mass is 540 g/mol. The van der Waals surface area contributed by atoms with Crippen LogP contribution in [-0.2, 0) is 11.4 Å². The normalized spacial score (nSPS) is 15.3. The van der Waals surface area contributed by atoms with Gasteiger partial charge in [-0.1, -0.05) is 18.2 Å². The largest absolute Gasteiger partial charge is 0.490 e. The summed E-state index contributed by atoms with van der Waals surface area (Å²) in [5.74, 6) is 0.638. The standard InChI is InChI=1S/C22H22FIN2O3S/c1-4-26-21(27)18(25(3)22(26)30)11-14-10-17(24)20(19(12-14)28-5-2)29-13-15-8-6-7-9-16(15)23/h6-12H,4-5,13H2,1-3H3/b18-11-. The Bertz CT molecular complexity index is 1010. The first kappa shape index (κ1) is 22.5. The topological polar surface area (TPSA) is 42.0 Å². The van der Waals surface area contributed by atoms with E-state index in [0.29, 0.717) is 41.0 Å². The van der Waals surface area contributed by atoms with E-state index in [-0.39, 0.29) is 18.3 Å². The van der Waals surface area contributed by atoms with Crippen molar-refractivity contribution in [3.8, 4) is 11.5 Å². The number of thiocarbonyl (C=S) groups is 1. The molecule has 158 valence electrons. The molecule has 0 unspecified atom stereocenters. The molecule has 0 atom stereocenters. The van der Waals surface area contributed by atoms with Crippen molar-refractivity contribution in [2.75, 3.05) is 20.2 Å². The van der Waals surface area contributed by atoms with Crippen molar-refractivity contribution in [2.24, 2.45) is 0 Å². The number of carbonyl (C=O) groups excluding carboxylic acids is 1. The van der Waals surface area contributed by atoms with E-state index in [1.807, 2.05) is 26.0 Å². The molecular weight excluding hydrogens is 518 g/mol. The summed E-state index contributed by atoms with van der Waals surface area (Å²) in [7, 11) is 1.78. The number of amides is 1. The fraction of sp³-hybridized carbons (Fsp3) is 0.273. The molecule has 0 N–H and O–H groups in total. The summed E-state index contributed by atoms with van der Waals surface area (Å²) in [5, 5.41) is 0.485. The van der Waals surface area contributed by atoms with Crippen molar-refractivity contribution in [2.45, 2.75) is 20.5 Å². The number of hydrogen-bond donors (Lipinski definition) is 0. The van der Waals surface area contributed by atoms with Gasteiger partial charge in [0.25, 0.3) is 5.91 Å². The molecule has 2 aromatic rings. The highest BCUT2D eigenvalue weighted by Gasteiger charge is 2.34. The van der Waals surface area contributed by atoms with E-state index < -0.39 is 0 Å². The Hall–Kier alpha value is -2.20. The van der Waals surface area contributed by atoms with E-state index in [2.05, 4.69) is 22.6 Å². The second-order valence-corrected chi connectivity index (χ2v) is 8.09. The Kier molecular flexibility index (Phi) is 7.30. The average molecular weight is 540 g/mol. The number of ether oxygens (including phenoxy) is 2. The maximum Gasteiger partial charge on any atom is 0.276 e. The second-order valence-electron chi connectivity index (χ2n) is 6.56. The summed E-state index contributed by atoms with van der Waals surface area (Å²) in [6.45, 7) is 4.82. The third-order valence-electron chi connectivity index (χ3n) is 4.62. The van der Waals surface area contributed by atoms with Gasteiger partial charge in [-0.25, -0.2) is 4.39 Å². The van der Waals surface area contributed by atoms with Crippen LogP contribution in [0.3, 0.4) is 0 Å². The second kappa shape index (κ2) is 9.74. The molecular formula is C22H22FIN2O3S. The van der Waals surface area contributed by atoms with Crippen molar-refractivity contribution in [1.29, 1.82) is 0 Å². The molecule has 1 saturated heterocycles. The van der Waals surface area contributed by atoms with Crippen LogP contribution in [0.2, 0.25) is 0 Å². The minimum absolute atomic E-state index is 0.0874. The summed E-state index contributed by atoms with van der Waals surface area (Å²) in [5.41, 5.74) is 1.76. The molecule has 1 aliphatic heterocycles. The van der Waals surface area contributed by atoms with Crippen molar-refractivity contribution < 1.29 is 18.7 Å². The summed E-state index contributed by atoms with van der Waals surface area (Å²) >= 11 is 7.50. The van der Waals surface area contributed by atoms with Crippen molar-refractivity contribution in [3.63, 3.8) is 0 Å². The van der Waals surface area contributed by atoms with Crippen LogP contribution in [0.5, 0.6) is 11.5 Å². The summed E-state index contributed by atoms with van der Waals surface area (Å²) in [6.07, 6.45) is 1.79. The lowest BCUT2D eigenvalue weighted by molar-refractivity contribution is -0.122. The van der Waals surface area contributed by atoms with Gasteiger partial charge in [0.1, 0.15) is 18.1 Å². The van der Waals surface area contributed by atoms with Gasteiger partial charge in [-0.05, 0) is 78.5 Å². The Labute approximate surface area is 194 Å². The maximum atomic E-state index is 13.9. The molecule has 1 fully saturated rings. The van der Waals surface area contributed by atoms with Crippen LogP contribution in [-0.4, -0.2) is 41.0 Å². The van der Waals surface area contributed by atoms with Gasteiger partial charge in [0.2, 0.25) is 0 Å². The fourth-order valence-corrected chi connectivity index (χ4v) is 4.18. The molecule has 2 aromatic carbocycles. The zero-order chi connectivity index (χ0) is 21.8. The van der Waals surface area contributed by atoms with E-state index in [9.17, 15) is 9.18 Å². The van der Waals surface area contributed by atoms with E-state index in [1.165, 1.54) is 6.07 Å². The Morgan fingerprint density at radius 1 is 1.20 bits per heavy atom. The molecule has 1 amide bonds. The van der Waals surface area contributed by atoms with Crippen LogP contribution < -0.4 is 9.47 Å². The van der Waals surface area contributed by atoms with Gasteiger partial charge < -0.3 is 14.4 Å². The molecule has 0 aliphatic carbocycles. The number of carbonyl (C=O) groups is 1. The van der Waals surface area contributed by atoms with Crippen LogP contribution >= 0.6 is 34.8 Å². The highest BCUT2D eigenvalue weighted by atomic mass is 127. The molecule has 8 heteroatoms. The lowest BCUT2D eigenvalue weighted by Crippen LogP contribution is -2.30. The molecule has 0 bridgehead atoms. The first-order valence-corrected chi connectivity index (χ1v) is 11.0. The predicted molar refractivity (Wildman–Crippen MR) is 127 cm³/mol. The number of nitrogens with zero attached hydrogens (tertiary/aromatic N) is 2. The van der Waals surface area contributed by atoms with Crippen LogP contribution in [0.15, 0.2) is 42.1 Å². The zero-order valence-corrected chi connectivity index (χ0v) is 19.9. The molecule has 1 aliphatic rings. The Morgan fingerprint density at radius 3 is 2.57 bits per heavy atom. The molecule has 1 heterocycles. The average Bonchev–Trinajstić information content (AvgIpc) is 2.91. The minimum atomic E-state index is -0.314. The van der Waals surface area contributed by atoms with Gasteiger partial charge >= 0.3 is 0 Å². The number of benzene rings is 2. The third-order valence-corrected chi connectivity index (χ3v) is 5.92. The van der Waals surface area contributed by atoms with E-state index >= 15 is 0 Å². The highest BCUT2D eigenvalue weighted by molar-refractivity contribution is 14.1. The predicted octanol–water partition coefficient (Wildman–Crippen LogP) is 4.83. The summed E-state index contributed by atoms with van der Waals surface area (Å²) < 4.78 is 26.4. The minimum Gasteiger partial charge on any atom is -0.490 e. The number of hydrogen-bond acceptors (Lipinski definition) is 4.